The second kappa shape index (κ2) is 8.67. The first-order valence-electron chi connectivity index (χ1n) is 8.42. The number of benzene rings is 3. The number of esters is 2. The van der Waals surface area contributed by atoms with Crippen molar-refractivity contribution in [2.24, 2.45) is 0 Å². The summed E-state index contributed by atoms with van der Waals surface area (Å²) in [7, 11) is 0. The van der Waals surface area contributed by atoms with Gasteiger partial charge in [0.15, 0.2) is 0 Å². The summed E-state index contributed by atoms with van der Waals surface area (Å²) >= 11 is 0. The number of hydrogen-bond acceptors (Lipinski definition) is 5. The van der Waals surface area contributed by atoms with E-state index in [4.69, 9.17) is 9.47 Å². The zero-order valence-electron chi connectivity index (χ0n) is 14.4. The van der Waals surface area contributed by atoms with Gasteiger partial charge in [-0.2, -0.15) is 0 Å². The van der Waals surface area contributed by atoms with Gasteiger partial charge < -0.3 is 14.6 Å². The number of carbonyl (C=O) groups excluding carboxylic acids is 2. The van der Waals surface area contributed by atoms with E-state index in [2.05, 4.69) is 0 Å². The van der Waals surface area contributed by atoms with Crippen molar-refractivity contribution in [2.45, 2.75) is 12.7 Å². The normalized spacial score (nSPS) is 11.4. The first-order chi connectivity index (χ1) is 13.1. The van der Waals surface area contributed by atoms with Crippen molar-refractivity contribution < 1.29 is 24.2 Å². The number of rotatable bonds is 6. The molecule has 0 saturated heterocycles. The summed E-state index contributed by atoms with van der Waals surface area (Å²) < 4.78 is 10.8. The average Bonchev–Trinajstić information content (AvgIpc) is 2.70. The van der Waals surface area contributed by atoms with Gasteiger partial charge in [-0.3, -0.25) is 0 Å². The molecule has 5 heteroatoms. The highest BCUT2D eigenvalue weighted by Gasteiger charge is 2.21. The molecule has 3 aromatic rings. The van der Waals surface area contributed by atoms with Crippen LogP contribution in [-0.4, -0.2) is 23.3 Å². The van der Waals surface area contributed by atoms with Crippen LogP contribution in [0.5, 0.6) is 5.75 Å². The summed E-state index contributed by atoms with van der Waals surface area (Å²) in [6, 6.07) is 23.5. The van der Waals surface area contributed by atoms with Crippen LogP contribution in [-0.2, 0) is 15.9 Å². The lowest BCUT2D eigenvalue weighted by atomic mass is 10.1. The van der Waals surface area contributed by atoms with E-state index in [1.165, 1.54) is 24.3 Å². The largest absolute Gasteiger partial charge is 0.508 e. The number of carbonyl (C=O) groups is 2. The Kier molecular flexibility index (Phi) is 5.84. The molecule has 0 amide bonds. The SMILES string of the molecule is O=C(OC(Cc1ccccc1)OC(=O)c1ccc(O)cc1)c1ccccc1. The standard InChI is InChI=1S/C22H18O5/c23-19-13-11-18(12-14-19)22(25)27-20(15-16-7-3-1-4-8-16)26-21(24)17-9-5-2-6-10-17/h1-14,20,23H,15H2. The molecule has 3 aromatic carbocycles. The molecule has 27 heavy (non-hydrogen) atoms. The maximum absolute atomic E-state index is 12.4. The molecule has 3 rings (SSSR count). The summed E-state index contributed by atoms with van der Waals surface area (Å²) in [5.41, 5.74) is 1.49. The van der Waals surface area contributed by atoms with Crippen LogP contribution < -0.4 is 0 Å². The number of phenolic OH excluding ortho intramolecular Hbond substituents is 1. The molecule has 0 aliphatic heterocycles. The summed E-state index contributed by atoms with van der Waals surface area (Å²) in [6.07, 6.45) is -0.857. The third kappa shape index (κ3) is 5.19. The molecular weight excluding hydrogens is 344 g/mol. The minimum atomic E-state index is -1.08. The molecule has 0 aliphatic rings. The second-order valence-corrected chi connectivity index (χ2v) is 5.84. The zero-order chi connectivity index (χ0) is 19.1. The lowest BCUT2D eigenvalue weighted by Crippen LogP contribution is -2.27. The number of hydrogen-bond donors (Lipinski definition) is 1. The minimum Gasteiger partial charge on any atom is -0.508 e. The Bertz CT molecular complexity index is 889. The highest BCUT2D eigenvalue weighted by molar-refractivity contribution is 5.91. The van der Waals surface area contributed by atoms with Gasteiger partial charge in [0.2, 0.25) is 0 Å². The summed E-state index contributed by atoms with van der Waals surface area (Å²) in [6.45, 7) is 0. The van der Waals surface area contributed by atoms with E-state index in [0.29, 0.717) is 5.56 Å². The van der Waals surface area contributed by atoms with Crippen molar-refractivity contribution in [2.75, 3.05) is 0 Å². The minimum absolute atomic E-state index is 0.0443. The maximum atomic E-state index is 12.4. The van der Waals surface area contributed by atoms with Crippen LogP contribution in [0.3, 0.4) is 0 Å². The molecule has 0 aliphatic carbocycles. The molecule has 136 valence electrons. The molecular formula is C22H18O5. The zero-order valence-corrected chi connectivity index (χ0v) is 14.4. The van der Waals surface area contributed by atoms with Gasteiger partial charge in [-0.1, -0.05) is 48.5 Å². The van der Waals surface area contributed by atoms with Crippen molar-refractivity contribution in [3.8, 4) is 5.75 Å². The monoisotopic (exact) mass is 362 g/mol. The Labute approximate surface area is 156 Å². The van der Waals surface area contributed by atoms with Crippen LogP contribution in [0.2, 0.25) is 0 Å². The molecule has 0 heterocycles. The summed E-state index contributed by atoms with van der Waals surface area (Å²) in [5, 5.41) is 9.34. The number of aromatic hydroxyl groups is 1. The van der Waals surface area contributed by atoms with Gasteiger partial charge in [0, 0.05) is 6.42 Å². The fraction of sp³-hybridized carbons (Fsp3) is 0.0909. The molecule has 1 unspecified atom stereocenters. The Morgan fingerprint density at radius 2 is 1.19 bits per heavy atom. The topological polar surface area (TPSA) is 72.8 Å². The third-order valence-corrected chi connectivity index (χ3v) is 3.83. The van der Waals surface area contributed by atoms with E-state index in [-0.39, 0.29) is 17.7 Å². The van der Waals surface area contributed by atoms with Crippen molar-refractivity contribution in [3.05, 3.63) is 102 Å². The first kappa shape index (κ1) is 18.2. The van der Waals surface area contributed by atoms with E-state index in [9.17, 15) is 14.7 Å². The molecule has 5 nitrogen and oxygen atoms in total. The predicted octanol–water partition coefficient (Wildman–Crippen LogP) is 3.97. The Morgan fingerprint density at radius 3 is 1.74 bits per heavy atom. The Balaban J connectivity index is 1.75. The predicted molar refractivity (Wildman–Crippen MR) is 99.3 cm³/mol. The lowest BCUT2D eigenvalue weighted by Gasteiger charge is -2.18. The van der Waals surface area contributed by atoms with Gasteiger partial charge in [-0.15, -0.1) is 0 Å². The Hall–Kier alpha value is -3.60. The van der Waals surface area contributed by atoms with Crippen molar-refractivity contribution >= 4 is 11.9 Å². The van der Waals surface area contributed by atoms with Gasteiger partial charge in [0.25, 0.3) is 6.29 Å². The third-order valence-electron chi connectivity index (χ3n) is 3.83. The number of phenols is 1. The molecule has 0 saturated carbocycles. The van der Waals surface area contributed by atoms with Crippen molar-refractivity contribution in [3.63, 3.8) is 0 Å². The molecule has 0 aromatic heterocycles. The van der Waals surface area contributed by atoms with Crippen LogP contribution in [0.4, 0.5) is 0 Å². The van der Waals surface area contributed by atoms with Gasteiger partial charge in [-0.25, -0.2) is 9.59 Å². The molecule has 1 N–H and O–H groups in total. The van der Waals surface area contributed by atoms with E-state index >= 15 is 0 Å². The van der Waals surface area contributed by atoms with Crippen molar-refractivity contribution in [1.82, 2.24) is 0 Å². The van der Waals surface area contributed by atoms with Crippen LogP contribution in [0.15, 0.2) is 84.9 Å². The van der Waals surface area contributed by atoms with Crippen LogP contribution in [0.1, 0.15) is 26.3 Å². The van der Waals surface area contributed by atoms with Crippen molar-refractivity contribution in [1.29, 1.82) is 0 Å². The lowest BCUT2D eigenvalue weighted by molar-refractivity contribution is -0.0786. The van der Waals surface area contributed by atoms with Gasteiger partial charge in [0.1, 0.15) is 5.75 Å². The van der Waals surface area contributed by atoms with Gasteiger partial charge in [-0.05, 0) is 42.0 Å². The highest BCUT2D eigenvalue weighted by atomic mass is 16.7. The first-order valence-corrected chi connectivity index (χ1v) is 8.42. The van der Waals surface area contributed by atoms with E-state index in [0.717, 1.165) is 5.56 Å². The molecule has 0 bridgehead atoms. The summed E-state index contributed by atoms with van der Waals surface area (Å²) in [4.78, 5) is 24.7. The smallest absolute Gasteiger partial charge is 0.341 e. The van der Waals surface area contributed by atoms with Gasteiger partial charge >= 0.3 is 11.9 Å². The maximum Gasteiger partial charge on any atom is 0.341 e. The average molecular weight is 362 g/mol. The van der Waals surface area contributed by atoms with Crippen LogP contribution in [0.25, 0.3) is 0 Å². The molecule has 1 atom stereocenters. The van der Waals surface area contributed by atoms with Crippen LogP contribution in [0, 0.1) is 0 Å². The highest BCUT2D eigenvalue weighted by Crippen LogP contribution is 2.15. The molecule has 0 radical (unpaired) electrons. The molecule has 0 fully saturated rings. The second-order valence-electron chi connectivity index (χ2n) is 5.84. The van der Waals surface area contributed by atoms with E-state index < -0.39 is 18.2 Å². The summed E-state index contributed by atoms with van der Waals surface area (Å²) in [5.74, 6) is -1.17. The van der Waals surface area contributed by atoms with Crippen LogP contribution >= 0.6 is 0 Å². The fourth-order valence-electron chi connectivity index (χ4n) is 2.46. The molecule has 0 spiro atoms. The Morgan fingerprint density at radius 1 is 0.704 bits per heavy atom. The quantitative estimate of drug-likeness (QED) is 0.530. The van der Waals surface area contributed by atoms with E-state index in [1.807, 2.05) is 30.3 Å². The van der Waals surface area contributed by atoms with E-state index in [1.54, 1.807) is 30.3 Å². The number of ether oxygens (including phenoxy) is 2. The fourth-order valence-corrected chi connectivity index (χ4v) is 2.46. The van der Waals surface area contributed by atoms with Gasteiger partial charge in [0.05, 0.1) is 11.1 Å².